The average molecular weight is 365 g/mol. The number of nitrogens with zero attached hydrogens (tertiary/aromatic N) is 1. The molecule has 6 heteroatoms. The smallest absolute Gasteiger partial charge is 0.410 e. The van der Waals surface area contributed by atoms with Crippen LogP contribution in [0.3, 0.4) is 0 Å². The van der Waals surface area contributed by atoms with E-state index in [0.717, 1.165) is 6.42 Å². The molecule has 1 rings (SSSR count). The zero-order valence-corrected chi connectivity index (χ0v) is 16.0. The molecule has 5 nitrogen and oxygen atoms in total. The van der Waals surface area contributed by atoms with E-state index in [9.17, 15) is 18.8 Å². The SMILES string of the molecule is CCCN(CCCC(=O)CC(=O)c1ccc(F)cc1)C(=O)OC(C)(C)C. The normalized spacial score (nSPS) is 11.1. The fraction of sp³-hybridized carbons (Fsp3) is 0.550. The van der Waals surface area contributed by atoms with E-state index >= 15 is 0 Å². The van der Waals surface area contributed by atoms with E-state index < -0.39 is 17.5 Å². The monoisotopic (exact) mass is 365 g/mol. The van der Waals surface area contributed by atoms with Crippen molar-refractivity contribution in [2.24, 2.45) is 0 Å². The lowest BCUT2D eigenvalue weighted by Crippen LogP contribution is -2.38. The molecule has 0 spiro atoms. The van der Waals surface area contributed by atoms with Gasteiger partial charge in [-0.25, -0.2) is 9.18 Å². The molecule has 0 atom stereocenters. The largest absolute Gasteiger partial charge is 0.444 e. The molecular weight excluding hydrogens is 337 g/mol. The van der Waals surface area contributed by atoms with Gasteiger partial charge in [-0.2, -0.15) is 0 Å². The van der Waals surface area contributed by atoms with Gasteiger partial charge in [0.25, 0.3) is 0 Å². The van der Waals surface area contributed by atoms with Crippen LogP contribution in [0.2, 0.25) is 0 Å². The summed E-state index contributed by atoms with van der Waals surface area (Å²) in [7, 11) is 0. The zero-order chi connectivity index (χ0) is 19.7. The highest BCUT2D eigenvalue weighted by Gasteiger charge is 2.21. The van der Waals surface area contributed by atoms with Crippen LogP contribution in [-0.4, -0.2) is 41.3 Å². The fourth-order valence-electron chi connectivity index (χ4n) is 2.36. The Morgan fingerprint density at radius 1 is 1.08 bits per heavy atom. The molecule has 1 amide bonds. The second-order valence-corrected chi connectivity index (χ2v) is 7.22. The number of carbonyl (C=O) groups is 3. The minimum atomic E-state index is -0.569. The van der Waals surface area contributed by atoms with E-state index in [-0.39, 0.29) is 24.4 Å². The molecule has 26 heavy (non-hydrogen) atoms. The van der Waals surface area contributed by atoms with Crippen LogP contribution >= 0.6 is 0 Å². The van der Waals surface area contributed by atoms with Gasteiger partial charge in [-0.1, -0.05) is 6.92 Å². The molecule has 144 valence electrons. The summed E-state index contributed by atoms with van der Waals surface area (Å²) in [4.78, 5) is 37.7. The summed E-state index contributed by atoms with van der Waals surface area (Å²) in [5.74, 6) is -0.946. The van der Waals surface area contributed by atoms with Crippen molar-refractivity contribution in [2.75, 3.05) is 13.1 Å². The fourth-order valence-corrected chi connectivity index (χ4v) is 2.36. The Morgan fingerprint density at radius 3 is 2.23 bits per heavy atom. The summed E-state index contributed by atoms with van der Waals surface area (Å²) in [6.07, 6.45) is 0.849. The van der Waals surface area contributed by atoms with Gasteiger partial charge in [0.05, 0.1) is 6.42 Å². The zero-order valence-electron chi connectivity index (χ0n) is 16.0. The maximum atomic E-state index is 12.9. The second kappa shape index (κ2) is 10.0. The van der Waals surface area contributed by atoms with Crippen LogP contribution in [0, 0.1) is 5.82 Å². The Labute approximate surface area is 154 Å². The minimum absolute atomic E-state index is 0.194. The van der Waals surface area contributed by atoms with Crippen molar-refractivity contribution in [1.82, 2.24) is 4.90 Å². The Kier molecular flexibility index (Phi) is 8.42. The Balaban J connectivity index is 2.45. The first-order valence-electron chi connectivity index (χ1n) is 8.90. The third-order valence-electron chi connectivity index (χ3n) is 3.55. The number of halogens is 1. The van der Waals surface area contributed by atoms with Gasteiger partial charge in [0.2, 0.25) is 0 Å². The number of ether oxygens (including phenoxy) is 1. The van der Waals surface area contributed by atoms with Crippen molar-refractivity contribution in [1.29, 1.82) is 0 Å². The third-order valence-corrected chi connectivity index (χ3v) is 3.55. The lowest BCUT2D eigenvalue weighted by Gasteiger charge is -2.27. The summed E-state index contributed by atoms with van der Waals surface area (Å²) in [5.41, 5.74) is -0.249. The van der Waals surface area contributed by atoms with Gasteiger partial charge in [0, 0.05) is 25.1 Å². The predicted octanol–water partition coefficient (Wildman–Crippen LogP) is 4.39. The van der Waals surface area contributed by atoms with Gasteiger partial charge < -0.3 is 9.64 Å². The molecule has 0 aliphatic heterocycles. The summed E-state index contributed by atoms with van der Waals surface area (Å²) in [5, 5.41) is 0. The predicted molar refractivity (Wildman–Crippen MR) is 97.7 cm³/mol. The lowest BCUT2D eigenvalue weighted by molar-refractivity contribution is -0.118. The molecule has 0 aliphatic rings. The van der Waals surface area contributed by atoms with Gasteiger partial charge in [-0.3, -0.25) is 9.59 Å². The molecule has 0 saturated carbocycles. The highest BCUT2D eigenvalue weighted by Crippen LogP contribution is 2.12. The molecule has 0 unspecified atom stereocenters. The maximum absolute atomic E-state index is 12.9. The molecule has 0 fully saturated rings. The van der Waals surface area contributed by atoms with Crippen LogP contribution in [-0.2, 0) is 9.53 Å². The van der Waals surface area contributed by atoms with Crippen LogP contribution in [0.15, 0.2) is 24.3 Å². The number of Topliss-reactive ketones (excluding diaryl/α,β-unsaturated/α-hetero) is 2. The van der Waals surface area contributed by atoms with E-state index in [1.165, 1.54) is 24.3 Å². The second-order valence-electron chi connectivity index (χ2n) is 7.22. The molecular formula is C20H28FNO4. The van der Waals surface area contributed by atoms with E-state index in [1.54, 1.807) is 25.7 Å². The number of benzene rings is 1. The minimum Gasteiger partial charge on any atom is -0.444 e. The Hall–Kier alpha value is -2.24. The van der Waals surface area contributed by atoms with Crippen LogP contribution < -0.4 is 0 Å². The van der Waals surface area contributed by atoms with Crippen molar-refractivity contribution in [2.45, 2.75) is 59.0 Å². The number of hydrogen-bond donors (Lipinski definition) is 0. The highest BCUT2D eigenvalue weighted by atomic mass is 19.1. The van der Waals surface area contributed by atoms with Crippen LogP contribution in [0.4, 0.5) is 9.18 Å². The molecule has 0 saturated heterocycles. The Bertz CT molecular complexity index is 620. The van der Waals surface area contributed by atoms with Gasteiger partial charge in [0.15, 0.2) is 5.78 Å². The van der Waals surface area contributed by atoms with Crippen molar-refractivity contribution >= 4 is 17.7 Å². The molecule has 0 N–H and O–H groups in total. The molecule has 0 heterocycles. The number of rotatable bonds is 9. The topological polar surface area (TPSA) is 63.7 Å². The average Bonchev–Trinajstić information content (AvgIpc) is 2.53. The van der Waals surface area contributed by atoms with Crippen molar-refractivity contribution in [3.63, 3.8) is 0 Å². The highest BCUT2D eigenvalue weighted by molar-refractivity contribution is 6.07. The van der Waals surface area contributed by atoms with Crippen molar-refractivity contribution in [3.05, 3.63) is 35.6 Å². The standard InChI is InChI=1S/C20H28FNO4/c1-5-12-22(19(25)26-20(2,3)4)13-6-7-17(23)14-18(24)15-8-10-16(21)11-9-15/h8-11H,5-7,12-14H2,1-4H3. The van der Waals surface area contributed by atoms with Gasteiger partial charge in [-0.15, -0.1) is 0 Å². The van der Waals surface area contributed by atoms with E-state index in [2.05, 4.69) is 0 Å². The molecule has 0 bridgehead atoms. The van der Waals surface area contributed by atoms with E-state index in [0.29, 0.717) is 25.1 Å². The molecule has 0 aliphatic carbocycles. The van der Waals surface area contributed by atoms with Gasteiger partial charge in [-0.05, 0) is 57.9 Å². The van der Waals surface area contributed by atoms with Crippen LogP contribution in [0.5, 0.6) is 0 Å². The quantitative estimate of drug-likeness (QED) is 0.481. The maximum Gasteiger partial charge on any atom is 0.410 e. The first-order valence-corrected chi connectivity index (χ1v) is 8.90. The molecule has 0 aromatic heterocycles. The first-order chi connectivity index (χ1) is 12.1. The number of carbonyl (C=O) groups excluding carboxylic acids is 3. The Morgan fingerprint density at radius 2 is 1.69 bits per heavy atom. The molecule has 1 aromatic rings. The van der Waals surface area contributed by atoms with Crippen molar-refractivity contribution in [3.8, 4) is 0 Å². The molecule has 0 radical (unpaired) electrons. The summed E-state index contributed by atoms with van der Waals surface area (Å²) < 4.78 is 18.2. The number of amides is 1. The van der Waals surface area contributed by atoms with E-state index in [4.69, 9.17) is 4.74 Å². The van der Waals surface area contributed by atoms with E-state index in [1.807, 2.05) is 6.92 Å². The number of hydrogen-bond acceptors (Lipinski definition) is 4. The summed E-state index contributed by atoms with van der Waals surface area (Å²) in [6.45, 7) is 8.33. The summed E-state index contributed by atoms with van der Waals surface area (Å²) >= 11 is 0. The van der Waals surface area contributed by atoms with Crippen LogP contribution in [0.25, 0.3) is 0 Å². The van der Waals surface area contributed by atoms with Crippen LogP contribution in [0.1, 0.15) is 63.7 Å². The third kappa shape index (κ3) is 8.23. The molecule has 1 aromatic carbocycles. The lowest BCUT2D eigenvalue weighted by atomic mass is 10.0. The first kappa shape index (κ1) is 21.8. The van der Waals surface area contributed by atoms with Gasteiger partial charge in [0.1, 0.15) is 17.2 Å². The van der Waals surface area contributed by atoms with Crippen molar-refractivity contribution < 1.29 is 23.5 Å². The van der Waals surface area contributed by atoms with Gasteiger partial charge >= 0.3 is 6.09 Å². The summed E-state index contributed by atoms with van der Waals surface area (Å²) in [6, 6.07) is 5.13. The number of ketones is 2.